The average Bonchev–Trinajstić information content (AvgIpc) is 3.20. The van der Waals surface area contributed by atoms with Crippen molar-refractivity contribution in [1.82, 2.24) is 10.6 Å². The zero-order chi connectivity index (χ0) is 18.4. The van der Waals surface area contributed by atoms with E-state index in [-0.39, 0.29) is 24.0 Å². The van der Waals surface area contributed by atoms with Gasteiger partial charge in [0.2, 0.25) is 0 Å². The smallest absolute Gasteiger partial charge is 0.191 e. The van der Waals surface area contributed by atoms with Crippen molar-refractivity contribution in [3.05, 3.63) is 52.9 Å². The number of guanidine groups is 1. The highest BCUT2D eigenvalue weighted by molar-refractivity contribution is 14.0. The minimum Gasteiger partial charge on any atom is -0.363 e. The Kier molecular flexibility index (Phi) is 8.89. The van der Waals surface area contributed by atoms with Crippen molar-refractivity contribution in [1.29, 1.82) is 0 Å². The molecule has 1 fully saturated rings. The fourth-order valence-corrected chi connectivity index (χ4v) is 4.13. The Balaban J connectivity index is 0.00000261. The lowest BCUT2D eigenvalue weighted by atomic mass is 10.00. The van der Waals surface area contributed by atoms with Crippen molar-refractivity contribution in [2.75, 3.05) is 31.6 Å². The highest BCUT2D eigenvalue weighted by Gasteiger charge is 2.20. The van der Waals surface area contributed by atoms with Gasteiger partial charge in [-0.05, 0) is 48.8 Å². The first-order valence-electron chi connectivity index (χ1n) is 9.48. The largest absolute Gasteiger partial charge is 0.363 e. The number of hydrogen-bond acceptors (Lipinski definition) is 3. The maximum atomic E-state index is 4.41. The molecule has 0 aliphatic carbocycles. The highest BCUT2D eigenvalue weighted by Crippen LogP contribution is 2.24. The van der Waals surface area contributed by atoms with E-state index in [1.165, 1.54) is 16.1 Å². The summed E-state index contributed by atoms with van der Waals surface area (Å²) in [7, 11) is 1.85. The number of nitrogens with one attached hydrogen (secondary N) is 2. The van der Waals surface area contributed by atoms with Crippen molar-refractivity contribution in [2.24, 2.45) is 4.99 Å². The van der Waals surface area contributed by atoms with Crippen LogP contribution in [0.4, 0.5) is 5.00 Å². The van der Waals surface area contributed by atoms with Crippen LogP contribution < -0.4 is 15.5 Å². The Morgan fingerprint density at radius 3 is 2.52 bits per heavy atom. The predicted molar refractivity (Wildman–Crippen MR) is 129 cm³/mol. The molecule has 0 saturated carbocycles. The van der Waals surface area contributed by atoms with Crippen LogP contribution in [0.25, 0.3) is 0 Å². The fourth-order valence-electron chi connectivity index (χ4n) is 3.34. The molecule has 1 saturated heterocycles. The second kappa shape index (κ2) is 10.9. The first kappa shape index (κ1) is 22.0. The number of aliphatic imine (C=N–C) groups is 1. The van der Waals surface area contributed by atoms with Crippen LogP contribution in [0.3, 0.4) is 0 Å². The number of rotatable bonds is 5. The number of nitrogens with zero attached hydrogens (tertiary/aromatic N) is 2. The molecule has 2 heterocycles. The van der Waals surface area contributed by atoms with Gasteiger partial charge in [-0.25, -0.2) is 0 Å². The van der Waals surface area contributed by atoms with E-state index in [2.05, 4.69) is 76.2 Å². The molecule has 1 unspecified atom stereocenters. The van der Waals surface area contributed by atoms with Gasteiger partial charge >= 0.3 is 0 Å². The van der Waals surface area contributed by atoms with Gasteiger partial charge in [0.15, 0.2) is 5.96 Å². The summed E-state index contributed by atoms with van der Waals surface area (Å²) >= 11 is 1.83. The molecular formula is C21H31IN4S. The summed E-state index contributed by atoms with van der Waals surface area (Å²) in [6, 6.07) is 13.6. The van der Waals surface area contributed by atoms with Crippen molar-refractivity contribution >= 4 is 46.3 Å². The molecule has 4 nitrogen and oxygen atoms in total. The van der Waals surface area contributed by atoms with Gasteiger partial charge in [-0.2, -0.15) is 0 Å². The lowest BCUT2D eigenvalue weighted by molar-refractivity contribution is 0.462. The van der Waals surface area contributed by atoms with Gasteiger partial charge in [-0.1, -0.05) is 36.8 Å². The molecule has 1 aliphatic heterocycles. The molecule has 2 aromatic rings. The molecule has 0 bridgehead atoms. The number of aryl methyl sites for hydroxylation is 1. The van der Waals surface area contributed by atoms with Gasteiger partial charge in [0.1, 0.15) is 0 Å². The van der Waals surface area contributed by atoms with Crippen LogP contribution in [-0.4, -0.2) is 38.7 Å². The lowest BCUT2D eigenvalue weighted by Gasteiger charge is -2.33. The number of thiophene rings is 1. The Hall–Kier alpha value is -1.28. The predicted octanol–water partition coefficient (Wildman–Crippen LogP) is 4.61. The maximum absolute atomic E-state index is 4.41. The van der Waals surface area contributed by atoms with E-state index in [0.29, 0.717) is 12.0 Å². The van der Waals surface area contributed by atoms with Crippen LogP contribution in [0.1, 0.15) is 36.8 Å². The van der Waals surface area contributed by atoms with E-state index in [1.807, 2.05) is 18.4 Å². The SMILES string of the molecule is CN=C(NCC(C)c1ccc(C)cc1)NC1CCN(c2cccs2)CC1.I. The van der Waals surface area contributed by atoms with Gasteiger partial charge in [-0.15, -0.1) is 35.3 Å². The minimum atomic E-state index is 0. The summed E-state index contributed by atoms with van der Waals surface area (Å²) in [4.78, 5) is 6.90. The Morgan fingerprint density at radius 1 is 1.22 bits per heavy atom. The summed E-state index contributed by atoms with van der Waals surface area (Å²) < 4.78 is 0. The van der Waals surface area contributed by atoms with E-state index in [0.717, 1.165) is 38.4 Å². The van der Waals surface area contributed by atoms with Gasteiger partial charge in [-0.3, -0.25) is 4.99 Å². The van der Waals surface area contributed by atoms with E-state index in [1.54, 1.807) is 0 Å². The zero-order valence-electron chi connectivity index (χ0n) is 16.4. The molecular weight excluding hydrogens is 467 g/mol. The quantitative estimate of drug-likeness (QED) is 0.359. The molecule has 27 heavy (non-hydrogen) atoms. The first-order chi connectivity index (χ1) is 12.7. The summed E-state index contributed by atoms with van der Waals surface area (Å²) in [5.41, 5.74) is 2.67. The molecule has 3 rings (SSSR count). The Bertz CT molecular complexity index is 691. The summed E-state index contributed by atoms with van der Waals surface area (Å²) in [6.45, 7) is 7.48. The van der Waals surface area contributed by atoms with Gasteiger partial charge < -0.3 is 15.5 Å². The second-order valence-corrected chi connectivity index (χ2v) is 8.05. The van der Waals surface area contributed by atoms with Crippen molar-refractivity contribution in [3.63, 3.8) is 0 Å². The van der Waals surface area contributed by atoms with E-state index >= 15 is 0 Å². The number of hydrogen-bond donors (Lipinski definition) is 2. The number of anilines is 1. The van der Waals surface area contributed by atoms with Crippen LogP contribution in [0.15, 0.2) is 46.8 Å². The summed E-state index contributed by atoms with van der Waals surface area (Å²) in [5.74, 6) is 1.37. The normalized spacial score (nSPS) is 16.6. The third-order valence-corrected chi connectivity index (χ3v) is 6.03. The molecule has 2 N–H and O–H groups in total. The summed E-state index contributed by atoms with van der Waals surface area (Å²) in [5, 5.41) is 10.6. The third kappa shape index (κ3) is 6.38. The van der Waals surface area contributed by atoms with Crippen LogP contribution in [-0.2, 0) is 0 Å². The van der Waals surface area contributed by atoms with E-state index in [4.69, 9.17) is 0 Å². The minimum absolute atomic E-state index is 0. The molecule has 0 amide bonds. The van der Waals surface area contributed by atoms with Gasteiger partial charge in [0.05, 0.1) is 5.00 Å². The third-order valence-electron chi connectivity index (χ3n) is 5.10. The van der Waals surface area contributed by atoms with Crippen molar-refractivity contribution < 1.29 is 0 Å². The molecule has 1 atom stereocenters. The molecule has 0 spiro atoms. The van der Waals surface area contributed by atoms with Crippen LogP contribution >= 0.6 is 35.3 Å². The van der Waals surface area contributed by atoms with Crippen LogP contribution in [0.5, 0.6) is 0 Å². The maximum Gasteiger partial charge on any atom is 0.191 e. The molecule has 1 aromatic heterocycles. The Morgan fingerprint density at radius 2 is 1.93 bits per heavy atom. The highest BCUT2D eigenvalue weighted by atomic mass is 127. The molecule has 0 radical (unpaired) electrons. The zero-order valence-corrected chi connectivity index (χ0v) is 19.6. The lowest BCUT2D eigenvalue weighted by Crippen LogP contribution is -2.49. The monoisotopic (exact) mass is 498 g/mol. The van der Waals surface area contributed by atoms with Crippen molar-refractivity contribution in [3.8, 4) is 0 Å². The number of piperidine rings is 1. The topological polar surface area (TPSA) is 39.7 Å². The average molecular weight is 498 g/mol. The fraction of sp³-hybridized carbons (Fsp3) is 0.476. The van der Waals surface area contributed by atoms with E-state index < -0.39 is 0 Å². The van der Waals surface area contributed by atoms with Crippen LogP contribution in [0.2, 0.25) is 0 Å². The first-order valence-corrected chi connectivity index (χ1v) is 10.4. The molecule has 6 heteroatoms. The second-order valence-electron chi connectivity index (χ2n) is 7.12. The van der Waals surface area contributed by atoms with E-state index in [9.17, 15) is 0 Å². The number of halogens is 1. The van der Waals surface area contributed by atoms with Crippen molar-refractivity contribution in [2.45, 2.75) is 38.6 Å². The molecule has 148 valence electrons. The molecule has 1 aromatic carbocycles. The van der Waals surface area contributed by atoms with Crippen LogP contribution in [0, 0.1) is 6.92 Å². The van der Waals surface area contributed by atoms with Gasteiger partial charge in [0.25, 0.3) is 0 Å². The molecule has 1 aliphatic rings. The Labute approximate surface area is 184 Å². The number of benzene rings is 1. The summed E-state index contributed by atoms with van der Waals surface area (Å²) in [6.07, 6.45) is 2.29. The van der Waals surface area contributed by atoms with Gasteiger partial charge in [0, 0.05) is 32.7 Å². The standard InChI is InChI=1S/C21H30N4S.HI/c1-16-6-8-18(9-7-16)17(2)15-23-21(22-3)24-19-10-12-25(13-11-19)20-5-4-14-26-20;/h4-9,14,17,19H,10-13,15H2,1-3H3,(H2,22,23,24);1H.